The summed E-state index contributed by atoms with van der Waals surface area (Å²) in [4.78, 5) is 34.9. The monoisotopic (exact) mass is 380 g/mol. The Bertz CT molecular complexity index is 1110. The van der Waals surface area contributed by atoms with E-state index < -0.39 is 0 Å². The number of imidazole rings is 1. The lowest BCUT2D eigenvalue weighted by Crippen LogP contribution is -2.49. The Hall–Kier alpha value is -3.27. The molecule has 0 saturated carbocycles. The van der Waals surface area contributed by atoms with Gasteiger partial charge in [-0.2, -0.15) is 4.98 Å². The Morgan fingerprint density at radius 2 is 1.96 bits per heavy atom. The molecule has 4 aromatic rings. The van der Waals surface area contributed by atoms with Gasteiger partial charge < -0.3 is 19.9 Å². The molecule has 0 radical (unpaired) electrons. The fourth-order valence-corrected chi connectivity index (χ4v) is 3.96. The van der Waals surface area contributed by atoms with Gasteiger partial charge in [0, 0.05) is 38.6 Å². The van der Waals surface area contributed by atoms with Gasteiger partial charge in [-0.25, -0.2) is 15.0 Å². The third kappa shape index (κ3) is 2.74. The summed E-state index contributed by atoms with van der Waals surface area (Å²) in [6.45, 7) is 2.48. The highest BCUT2D eigenvalue weighted by Gasteiger charge is 2.26. The van der Waals surface area contributed by atoms with Crippen molar-refractivity contribution >= 4 is 45.0 Å². The molecule has 0 aromatic carbocycles. The van der Waals surface area contributed by atoms with E-state index in [1.165, 1.54) is 11.3 Å². The van der Waals surface area contributed by atoms with Crippen LogP contribution in [0.3, 0.4) is 0 Å². The number of pyridine rings is 1. The number of hydrogen-bond donors (Lipinski definition) is 1. The predicted molar refractivity (Wildman–Crippen MR) is 103 cm³/mol. The van der Waals surface area contributed by atoms with Crippen molar-refractivity contribution in [2.45, 2.75) is 0 Å². The maximum absolute atomic E-state index is 12.8. The minimum atomic E-state index is -0.0562. The SMILES string of the molecule is Nc1nc(N2CCN(C(=O)c3cn4ccccc4n3)CC2)c2ncsc2n1. The van der Waals surface area contributed by atoms with Crippen LogP contribution in [0.15, 0.2) is 36.1 Å². The third-order valence-electron chi connectivity index (χ3n) is 4.65. The molecule has 4 aromatic heterocycles. The molecular weight excluding hydrogens is 364 g/mol. The van der Waals surface area contributed by atoms with E-state index in [1.54, 1.807) is 11.7 Å². The van der Waals surface area contributed by atoms with E-state index in [1.807, 2.05) is 33.7 Å². The smallest absolute Gasteiger partial charge is 0.274 e. The molecule has 27 heavy (non-hydrogen) atoms. The number of anilines is 2. The van der Waals surface area contributed by atoms with Gasteiger partial charge in [-0.1, -0.05) is 6.07 Å². The standard InChI is InChI=1S/C17H16N8OS/c18-17-21-14(13-15(22-17)27-10-19-13)23-5-7-24(8-6-23)16(26)11-9-25-4-2-1-3-12(25)20-11/h1-4,9-10H,5-8H2,(H2,18,21,22). The van der Waals surface area contributed by atoms with Gasteiger partial charge in [0.2, 0.25) is 5.95 Å². The molecule has 1 aliphatic heterocycles. The molecule has 0 spiro atoms. The molecule has 0 aliphatic carbocycles. The first kappa shape index (κ1) is 15.9. The average molecular weight is 380 g/mol. The number of piperazine rings is 1. The molecule has 10 heteroatoms. The maximum Gasteiger partial charge on any atom is 0.274 e. The molecule has 1 aliphatic rings. The molecule has 0 atom stereocenters. The van der Waals surface area contributed by atoms with E-state index in [-0.39, 0.29) is 11.9 Å². The van der Waals surface area contributed by atoms with Gasteiger partial charge in [-0.3, -0.25) is 4.79 Å². The van der Waals surface area contributed by atoms with E-state index in [0.29, 0.717) is 31.9 Å². The summed E-state index contributed by atoms with van der Waals surface area (Å²) in [5.41, 5.74) is 9.56. The Morgan fingerprint density at radius 3 is 2.78 bits per heavy atom. The molecule has 0 bridgehead atoms. The molecule has 9 nitrogen and oxygen atoms in total. The van der Waals surface area contributed by atoms with E-state index in [0.717, 1.165) is 21.8 Å². The number of nitrogens with two attached hydrogens (primary N) is 1. The zero-order chi connectivity index (χ0) is 18.4. The molecule has 136 valence electrons. The number of nitrogen functional groups attached to an aromatic ring is 1. The highest BCUT2D eigenvalue weighted by Crippen LogP contribution is 2.27. The lowest BCUT2D eigenvalue weighted by molar-refractivity contribution is 0.0741. The summed E-state index contributed by atoms with van der Waals surface area (Å²) < 4.78 is 1.85. The van der Waals surface area contributed by atoms with Crippen molar-refractivity contribution in [2.24, 2.45) is 0 Å². The van der Waals surface area contributed by atoms with Crippen LogP contribution in [0, 0.1) is 0 Å². The highest BCUT2D eigenvalue weighted by atomic mass is 32.1. The van der Waals surface area contributed by atoms with Gasteiger partial charge in [-0.05, 0) is 12.1 Å². The molecular formula is C17H16N8OS. The second-order valence-corrected chi connectivity index (χ2v) is 7.12. The van der Waals surface area contributed by atoms with E-state index in [4.69, 9.17) is 5.73 Å². The summed E-state index contributed by atoms with van der Waals surface area (Å²) in [5.74, 6) is 0.919. The van der Waals surface area contributed by atoms with Crippen molar-refractivity contribution in [2.75, 3.05) is 36.8 Å². The van der Waals surface area contributed by atoms with Gasteiger partial charge in [-0.15, -0.1) is 11.3 Å². The topological polar surface area (TPSA) is 106 Å². The number of nitrogens with zero attached hydrogens (tertiary/aromatic N) is 7. The fraction of sp³-hybridized carbons (Fsp3) is 0.235. The van der Waals surface area contributed by atoms with Crippen molar-refractivity contribution in [3.8, 4) is 0 Å². The number of rotatable bonds is 2. The summed E-state index contributed by atoms with van der Waals surface area (Å²) >= 11 is 1.44. The first-order valence-corrected chi connectivity index (χ1v) is 9.42. The normalized spacial score (nSPS) is 15.0. The van der Waals surface area contributed by atoms with Crippen molar-refractivity contribution in [3.63, 3.8) is 0 Å². The van der Waals surface area contributed by atoms with Gasteiger partial charge in [0.25, 0.3) is 5.91 Å². The van der Waals surface area contributed by atoms with Gasteiger partial charge in [0.1, 0.15) is 16.9 Å². The van der Waals surface area contributed by atoms with Crippen LogP contribution in [0.2, 0.25) is 0 Å². The Balaban J connectivity index is 1.35. The van der Waals surface area contributed by atoms with Crippen molar-refractivity contribution in [1.29, 1.82) is 0 Å². The van der Waals surface area contributed by atoms with Crippen LogP contribution in [0.5, 0.6) is 0 Å². The maximum atomic E-state index is 12.8. The average Bonchev–Trinajstić information content (AvgIpc) is 3.33. The van der Waals surface area contributed by atoms with Crippen molar-refractivity contribution < 1.29 is 4.79 Å². The Labute approximate surface area is 158 Å². The highest BCUT2D eigenvalue weighted by molar-refractivity contribution is 7.16. The second kappa shape index (κ2) is 6.16. The van der Waals surface area contributed by atoms with Crippen LogP contribution in [0.25, 0.3) is 16.0 Å². The second-order valence-electron chi connectivity index (χ2n) is 6.28. The van der Waals surface area contributed by atoms with Gasteiger partial charge >= 0.3 is 0 Å². The zero-order valence-electron chi connectivity index (χ0n) is 14.3. The molecule has 2 N–H and O–H groups in total. The number of aromatic nitrogens is 5. The molecule has 1 amide bonds. The Morgan fingerprint density at radius 1 is 1.11 bits per heavy atom. The number of hydrogen-bond acceptors (Lipinski definition) is 8. The van der Waals surface area contributed by atoms with E-state index >= 15 is 0 Å². The van der Waals surface area contributed by atoms with Crippen molar-refractivity contribution in [1.82, 2.24) is 29.2 Å². The number of carbonyl (C=O) groups is 1. The van der Waals surface area contributed by atoms with Crippen LogP contribution < -0.4 is 10.6 Å². The number of amides is 1. The van der Waals surface area contributed by atoms with Crippen LogP contribution in [0.1, 0.15) is 10.5 Å². The fourth-order valence-electron chi connectivity index (χ4n) is 3.30. The molecule has 1 fully saturated rings. The summed E-state index contributed by atoms with van der Waals surface area (Å²) in [7, 11) is 0. The predicted octanol–water partition coefficient (Wildman–Crippen LogP) is 1.28. The largest absolute Gasteiger partial charge is 0.368 e. The number of fused-ring (bicyclic) bond motifs is 2. The molecule has 5 rings (SSSR count). The lowest BCUT2D eigenvalue weighted by Gasteiger charge is -2.35. The van der Waals surface area contributed by atoms with Crippen LogP contribution in [0.4, 0.5) is 11.8 Å². The quantitative estimate of drug-likeness (QED) is 0.558. The lowest BCUT2D eigenvalue weighted by atomic mass is 10.2. The minimum Gasteiger partial charge on any atom is -0.368 e. The Kier molecular flexibility index (Phi) is 3.64. The molecule has 0 unspecified atom stereocenters. The van der Waals surface area contributed by atoms with Gasteiger partial charge in [0.05, 0.1) is 5.51 Å². The summed E-state index contributed by atoms with van der Waals surface area (Å²) in [6, 6.07) is 5.70. The minimum absolute atomic E-state index is 0.0562. The van der Waals surface area contributed by atoms with E-state index in [2.05, 4.69) is 24.8 Å². The van der Waals surface area contributed by atoms with Crippen molar-refractivity contribution in [3.05, 3.63) is 41.8 Å². The van der Waals surface area contributed by atoms with Gasteiger partial charge in [0.15, 0.2) is 10.6 Å². The van der Waals surface area contributed by atoms with Crippen LogP contribution in [-0.4, -0.2) is 61.3 Å². The summed E-state index contributed by atoms with van der Waals surface area (Å²) in [5, 5.41) is 0. The first-order valence-electron chi connectivity index (χ1n) is 8.54. The number of carbonyl (C=O) groups excluding carboxylic acids is 1. The number of thiazole rings is 1. The van der Waals surface area contributed by atoms with Crippen LogP contribution >= 0.6 is 11.3 Å². The van der Waals surface area contributed by atoms with Crippen LogP contribution in [-0.2, 0) is 0 Å². The molecule has 5 heterocycles. The zero-order valence-corrected chi connectivity index (χ0v) is 15.1. The molecule has 1 saturated heterocycles. The third-order valence-corrected chi connectivity index (χ3v) is 5.37. The summed E-state index contributed by atoms with van der Waals surface area (Å²) in [6.07, 6.45) is 3.66. The first-order chi connectivity index (χ1) is 13.2. The van der Waals surface area contributed by atoms with E-state index in [9.17, 15) is 4.79 Å².